The van der Waals surface area contributed by atoms with Crippen LogP contribution in [0, 0.1) is 13.7 Å². The maximum atomic E-state index is 10.9. The zero-order valence-corrected chi connectivity index (χ0v) is 9.65. The van der Waals surface area contributed by atoms with Gasteiger partial charge in [-0.1, -0.05) is 0 Å². The molecule has 8 heteroatoms. The summed E-state index contributed by atoms with van der Waals surface area (Å²) >= 11 is 1.78. The molecule has 0 aromatic heterocycles. The zero-order chi connectivity index (χ0) is 10.9. The van der Waals surface area contributed by atoms with Gasteiger partial charge in [-0.3, -0.25) is 10.1 Å². The van der Waals surface area contributed by atoms with Gasteiger partial charge in [-0.25, -0.2) is 13.6 Å². The van der Waals surface area contributed by atoms with Gasteiger partial charge in [-0.05, 0) is 28.7 Å². The van der Waals surface area contributed by atoms with Crippen LogP contribution in [0.1, 0.15) is 0 Å². The minimum atomic E-state index is -3.89. The molecule has 1 aromatic carbocycles. The van der Waals surface area contributed by atoms with Crippen LogP contribution in [-0.2, 0) is 10.0 Å². The lowest BCUT2D eigenvalue weighted by Crippen LogP contribution is -2.12. The molecular weight excluding hydrogens is 323 g/mol. The van der Waals surface area contributed by atoms with Crippen LogP contribution in [0.15, 0.2) is 23.1 Å². The molecule has 0 atom stereocenters. The Hall–Kier alpha value is -0.740. The molecule has 0 aliphatic carbocycles. The van der Waals surface area contributed by atoms with Gasteiger partial charge in [0, 0.05) is 15.7 Å². The van der Waals surface area contributed by atoms with Crippen molar-refractivity contribution in [3.8, 4) is 0 Å². The fourth-order valence-electron chi connectivity index (χ4n) is 0.818. The molecule has 1 aromatic rings. The standard InChI is InChI=1S/C6H5IN2O4S/c7-4-1-5(9(10)11)3-6(2-4)14(8,12)13/h1-3H,(H2,8,12,13). The van der Waals surface area contributed by atoms with Crippen molar-refractivity contribution >= 4 is 38.3 Å². The first kappa shape index (κ1) is 11.3. The third-order valence-electron chi connectivity index (χ3n) is 1.40. The maximum absolute atomic E-state index is 10.9. The molecule has 0 radical (unpaired) electrons. The van der Waals surface area contributed by atoms with Gasteiger partial charge in [0.2, 0.25) is 10.0 Å². The molecule has 0 saturated heterocycles. The minimum absolute atomic E-state index is 0.254. The first-order valence-corrected chi connectivity index (χ1v) is 5.91. The predicted molar refractivity (Wildman–Crippen MR) is 57.2 cm³/mol. The molecule has 0 spiro atoms. The van der Waals surface area contributed by atoms with E-state index in [9.17, 15) is 18.5 Å². The number of nitro benzene ring substituents is 1. The highest BCUT2D eigenvalue weighted by Crippen LogP contribution is 2.20. The average Bonchev–Trinajstić information content (AvgIpc) is 2.01. The Labute approximate surface area is 93.4 Å². The van der Waals surface area contributed by atoms with Crippen LogP contribution in [0.25, 0.3) is 0 Å². The van der Waals surface area contributed by atoms with Gasteiger partial charge in [-0.15, -0.1) is 0 Å². The van der Waals surface area contributed by atoms with Crippen LogP contribution in [0.3, 0.4) is 0 Å². The van der Waals surface area contributed by atoms with Crippen molar-refractivity contribution in [3.63, 3.8) is 0 Å². The van der Waals surface area contributed by atoms with Crippen LogP contribution in [-0.4, -0.2) is 13.3 Å². The normalized spacial score (nSPS) is 11.3. The highest BCUT2D eigenvalue weighted by Gasteiger charge is 2.15. The van der Waals surface area contributed by atoms with E-state index in [1.54, 1.807) is 22.6 Å². The van der Waals surface area contributed by atoms with Crippen molar-refractivity contribution in [1.82, 2.24) is 0 Å². The van der Waals surface area contributed by atoms with Crippen molar-refractivity contribution in [2.75, 3.05) is 0 Å². The molecule has 0 unspecified atom stereocenters. The number of non-ortho nitro benzene ring substituents is 1. The number of benzene rings is 1. The molecule has 0 saturated carbocycles. The lowest BCUT2D eigenvalue weighted by atomic mass is 10.3. The highest BCUT2D eigenvalue weighted by molar-refractivity contribution is 14.1. The molecule has 0 amide bonds. The van der Waals surface area contributed by atoms with Gasteiger partial charge in [-0.2, -0.15) is 0 Å². The summed E-state index contributed by atoms with van der Waals surface area (Å²) in [6.45, 7) is 0. The number of primary sulfonamides is 1. The predicted octanol–water partition coefficient (Wildman–Crippen LogP) is 0.847. The summed E-state index contributed by atoms with van der Waals surface area (Å²) in [5, 5.41) is 15.2. The lowest BCUT2D eigenvalue weighted by Gasteiger charge is -1.99. The number of hydrogen-bond donors (Lipinski definition) is 1. The Kier molecular flexibility index (Phi) is 3.07. The zero-order valence-electron chi connectivity index (χ0n) is 6.68. The van der Waals surface area contributed by atoms with E-state index in [-0.39, 0.29) is 10.6 Å². The summed E-state index contributed by atoms with van der Waals surface area (Å²) in [4.78, 5) is 9.48. The third-order valence-corrected chi connectivity index (χ3v) is 2.91. The molecule has 2 N–H and O–H groups in total. The molecule has 0 aliphatic rings. The van der Waals surface area contributed by atoms with Crippen molar-refractivity contribution < 1.29 is 13.3 Å². The maximum Gasteiger partial charge on any atom is 0.271 e. The second-order valence-electron chi connectivity index (χ2n) is 2.45. The molecule has 76 valence electrons. The molecule has 6 nitrogen and oxygen atoms in total. The van der Waals surface area contributed by atoms with Gasteiger partial charge in [0.15, 0.2) is 0 Å². The number of halogens is 1. The highest BCUT2D eigenvalue weighted by atomic mass is 127. The summed E-state index contributed by atoms with van der Waals surface area (Å²) in [6.07, 6.45) is 0. The molecule has 14 heavy (non-hydrogen) atoms. The summed E-state index contributed by atoms with van der Waals surface area (Å²) < 4.78 is 22.3. The SMILES string of the molecule is NS(=O)(=O)c1cc(I)cc([N+](=O)[O-])c1. The number of hydrogen-bond acceptors (Lipinski definition) is 4. The Morgan fingerprint density at radius 3 is 2.36 bits per heavy atom. The molecule has 0 heterocycles. The van der Waals surface area contributed by atoms with E-state index in [2.05, 4.69) is 0 Å². The number of sulfonamides is 1. The molecule has 1 rings (SSSR count). The Bertz CT molecular complexity index is 485. The smallest absolute Gasteiger partial charge is 0.258 e. The minimum Gasteiger partial charge on any atom is -0.258 e. The van der Waals surface area contributed by atoms with E-state index in [4.69, 9.17) is 5.14 Å². The van der Waals surface area contributed by atoms with Gasteiger partial charge in [0.25, 0.3) is 5.69 Å². The average molecular weight is 328 g/mol. The van der Waals surface area contributed by atoms with E-state index in [0.29, 0.717) is 3.57 Å². The van der Waals surface area contributed by atoms with Crippen molar-refractivity contribution in [1.29, 1.82) is 0 Å². The summed E-state index contributed by atoms with van der Waals surface area (Å²) in [5.74, 6) is 0. The van der Waals surface area contributed by atoms with E-state index in [0.717, 1.165) is 6.07 Å². The Morgan fingerprint density at radius 2 is 1.93 bits per heavy atom. The van der Waals surface area contributed by atoms with Crippen molar-refractivity contribution in [2.24, 2.45) is 5.14 Å². The summed E-state index contributed by atoms with van der Waals surface area (Å²) in [7, 11) is -3.89. The van der Waals surface area contributed by atoms with Gasteiger partial charge >= 0.3 is 0 Å². The van der Waals surface area contributed by atoms with Gasteiger partial charge in [0.1, 0.15) is 0 Å². The van der Waals surface area contributed by atoms with Crippen LogP contribution >= 0.6 is 22.6 Å². The summed E-state index contributed by atoms with van der Waals surface area (Å²) in [6, 6.07) is 3.45. The van der Waals surface area contributed by atoms with Crippen LogP contribution < -0.4 is 5.14 Å². The van der Waals surface area contributed by atoms with Crippen LogP contribution in [0.2, 0.25) is 0 Å². The fourth-order valence-corrected chi connectivity index (χ4v) is 2.26. The second kappa shape index (κ2) is 3.79. The van der Waals surface area contributed by atoms with Crippen molar-refractivity contribution in [3.05, 3.63) is 31.9 Å². The molecular formula is C6H5IN2O4S. The van der Waals surface area contributed by atoms with Gasteiger partial charge in [0.05, 0.1) is 9.82 Å². The Morgan fingerprint density at radius 1 is 1.36 bits per heavy atom. The van der Waals surface area contributed by atoms with E-state index >= 15 is 0 Å². The van der Waals surface area contributed by atoms with E-state index in [1.807, 2.05) is 0 Å². The lowest BCUT2D eigenvalue weighted by molar-refractivity contribution is -0.385. The fraction of sp³-hybridized carbons (Fsp3) is 0. The van der Waals surface area contributed by atoms with Crippen LogP contribution in [0.4, 0.5) is 5.69 Å². The topological polar surface area (TPSA) is 103 Å². The molecule has 0 aliphatic heterocycles. The first-order chi connectivity index (χ1) is 6.30. The number of nitro groups is 1. The largest absolute Gasteiger partial charge is 0.271 e. The second-order valence-corrected chi connectivity index (χ2v) is 5.25. The number of nitrogens with zero attached hydrogens (tertiary/aromatic N) is 1. The molecule has 0 bridgehead atoms. The van der Waals surface area contributed by atoms with E-state index < -0.39 is 14.9 Å². The molecule has 0 fully saturated rings. The van der Waals surface area contributed by atoms with E-state index in [1.165, 1.54) is 12.1 Å². The monoisotopic (exact) mass is 328 g/mol. The summed E-state index contributed by atoms with van der Waals surface area (Å²) in [5.41, 5.74) is -0.291. The van der Waals surface area contributed by atoms with Crippen molar-refractivity contribution in [2.45, 2.75) is 4.90 Å². The van der Waals surface area contributed by atoms with Gasteiger partial charge < -0.3 is 0 Å². The quantitative estimate of drug-likeness (QED) is 0.494. The number of rotatable bonds is 2. The first-order valence-electron chi connectivity index (χ1n) is 3.28. The Balaban J connectivity index is 3.43. The number of nitrogens with two attached hydrogens (primary N) is 1. The van der Waals surface area contributed by atoms with Crippen LogP contribution in [0.5, 0.6) is 0 Å². The third kappa shape index (κ3) is 2.62.